The molecule has 1 amide bonds. The van der Waals surface area contributed by atoms with Crippen molar-refractivity contribution in [3.8, 4) is 0 Å². The summed E-state index contributed by atoms with van der Waals surface area (Å²) in [5.41, 5.74) is 0. The second kappa shape index (κ2) is 6.23. The molecule has 2 fully saturated rings. The van der Waals surface area contributed by atoms with E-state index >= 15 is 0 Å². The minimum atomic E-state index is 0.288. The van der Waals surface area contributed by atoms with E-state index in [1.54, 1.807) is 0 Å². The predicted octanol–water partition coefficient (Wildman–Crippen LogP) is 3.29. The molecule has 2 nitrogen and oxygen atoms in total. The van der Waals surface area contributed by atoms with Gasteiger partial charge in [0.2, 0.25) is 5.91 Å². The highest BCUT2D eigenvalue weighted by Gasteiger charge is 2.34. The maximum absolute atomic E-state index is 12.0. The molecular weight excluding hydrogens is 210 g/mol. The Labute approximate surface area is 105 Å². The highest BCUT2D eigenvalue weighted by molar-refractivity contribution is 5.78. The molecule has 0 heterocycles. The van der Waals surface area contributed by atoms with Gasteiger partial charge >= 0.3 is 0 Å². The SMILES string of the molecule is C=CCCNC(=O)C1CCC2CCCCC2C1. The number of carbonyl (C=O) groups excluding carboxylic acids is 1. The third-order valence-electron chi connectivity index (χ3n) is 4.56. The summed E-state index contributed by atoms with van der Waals surface area (Å²) in [6, 6.07) is 0. The van der Waals surface area contributed by atoms with Crippen LogP contribution in [0.15, 0.2) is 12.7 Å². The Bertz CT molecular complexity index is 274. The molecule has 0 bridgehead atoms. The van der Waals surface area contributed by atoms with Crippen LogP contribution in [0.4, 0.5) is 0 Å². The summed E-state index contributed by atoms with van der Waals surface area (Å²) >= 11 is 0. The molecule has 2 aliphatic carbocycles. The van der Waals surface area contributed by atoms with Crippen LogP contribution in [-0.2, 0) is 4.79 Å². The second-order valence-corrected chi connectivity index (χ2v) is 5.68. The predicted molar refractivity (Wildman–Crippen MR) is 70.6 cm³/mol. The third kappa shape index (κ3) is 3.34. The van der Waals surface area contributed by atoms with Crippen molar-refractivity contribution in [1.29, 1.82) is 0 Å². The lowest BCUT2D eigenvalue weighted by Crippen LogP contribution is -2.37. The molecular formula is C15H25NO. The average molecular weight is 235 g/mol. The summed E-state index contributed by atoms with van der Waals surface area (Å²) in [6.45, 7) is 4.43. The topological polar surface area (TPSA) is 29.1 Å². The molecule has 3 atom stereocenters. The van der Waals surface area contributed by atoms with Crippen molar-refractivity contribution in [3.63, 3.8) is 0 Å². The zero-order valence-corrected chi connectivity index (χ0v) is 10.8. The minimum Gasteiger partial charge on any atom is -0.356 e. The van der Waals surface area contributed by atoms with Gasteiger partial charge in [0.15, 0.2) is 0 Å². The van der Waals surface area contributed by atoms with Crippen molar-refractivity contribution in [3.05, 3.63) is 12.7 Å². The smallest absolute Gasteiger partial charge is 0.223 e. The summed E-state index contributed by atoms with van der Waals surface area (Å²) in [7, 11) is 0. The lowest BCUT2D eigenvalue weighted by atomic mass is 9.67. The lowest BCUT2D eigenvalue weighted by Gasteiger charge is -2.38. The summed E-state index contributed by atoms with van der Waals surface area (Å²) in [6.07, 6.45) is 11.8. The highest BCUT2D eigenvalue weighted by Crippen LogP contribution is 2.42. The number of rotatable bonds is 4. The summed E-state index contributed by atoms with van der Waals surface area (Å²) in [4.78, 5) is 12.0. The normalized spacial score (nSPS) is 32.6. The van der Waals surface area contributed by atoms with Crippen LogP contribution in [0, 0.1) is 17.8 Å². The molecule has 0 aromatic rings. The number of hydrogen-bond acceptors (Lipinski definition) is 1. The Morgan fingerprint density at radius 2 is 1.94 bits per heavy atom. The van der Waals surface area contributed by atoms with E-state index in [1.165, 1.54) is 32.1 Å². The van der Waals surface area contributed by atoms with E-state index in [-0.39, 0.29) is 5.91 Å². The van der Waals surface area contributed by atoms with Gasteiger partial charge < -0.3 is 5.32 Å². The fourth-order valence-electron chi connectivity index (χ4n) is 3.55. The third-order valence-corrected chi connectivity index (χ3v) is 4.56. The van der Waals surface area contributed by atoms with E-state index in [0.717, 1.165) is 37.6 Å². The maximum Gasteiger partial charge on any atom is 0.223 e. The van der Waals surface area contributed by atoms with Crippen LogP contribution in [0.1, 0.15) is 51.4 Å². The molecule has 2 aliphatic rings. The second-order valence-electron chi connectivity index (χ2n) is 5.68. The van der Waals surface area contributed by atoms with Gasteiger partial charge in [-0.15, -0.1) is 6.58 Å². The Morgan fingerprint density at radius 1 is 1.18 bits per heavy atom. The Balaban J connectivity index is 1.78. The van der Waals surface area contributed by atoms with Crippen molar-refractivity contribution in [1.82, 2.24) is 5.32 Å². The fourth-order valence-corrected chi connectivity index (χ4v) is 3.55. The lowest BCUT2D eigenvalue weighted by molar-refractivity contribution is -0.127. The molecule has 0 saturated heterocycles. The molecule has 3 unspecified atom stereocenters. The average Bonchev–Trinajstić information content (AvgIpc) is 2.38. The van der Waals surface area contributed by atoms with Crippen LogP contribution in [-0.4, -0.2) is 12.5 Å². The van der Waals surface area contributed by atoms with Gasteiger partial charge in [-0.1, -0.05) is 31.8 Å². The zero-order chi connectivity index (χ0) is 12.1. The molecule has 96 valence electrons. The van der Waals surface area contributed by atoms with Crippen LogP contribution in [0.25, 0.3) is 0 Å². The van der Waals surface area contributed by atoms with Crippen LogP contribution in [0.3, 0.4) is 0 Å². The molecule has 0 aliphatic heterocycles. The van der Waals surface area contributed by atoms with Crippen LogP contribution < -0.4 is 5.32 Å². The highest BCUT2D eigenvalue weighted by atomic mass is 16.1. The van der Waals surface area contributed by atoms with Gasteiger partial charge in [-0.05, 0) is 37.5 Å². The maximum atomic E-state index is 12.0. The first-order valence-corrected chi connectivity index (χ1v) is 7.20. The standard InChI is InChI=1S/C15H25NO/c1-2-3-10-16-15(17)14-9-8-12-6-4-5-7-13(12)11-14/h2,12-14H,1,3-11H2,(H,16,17). The van der Waals surface area contributed by atoms with Crippen molar-refractivity contribution >= 4 is 5.91 Å². The van der Waals surface area contributed by atoms with E-state index in [0.29, 0.717) is 5.92 Å². The Hall–Kier alpha value is -0.790. The zero-order valence-electron chi connectivity index (χ0n) is 10.8. The van der Waals surface area contributed by atoms with Crippen LogP contribution >= 0.6 is 0 Å². The molecule has 0 radical (unpaired) electrons. The molecule has 2 heteroatoms. The molecule has 0 spiro atoms. The van der Waals surface area contributed by atoms with Crippen molar-refractivity contribution in [2.75, 3.05) is 6.54 Å². The summed E-state index contributed by atoms with van der Waals surface area (Å²) < 4.78 is 0. The van der Waals surface area contributed by atoms with E-state index in [4.69, 9.17) is 0 Å². The Morgan fingerprint density at radius 3 is 2.71 bits per heavy atom. The molecule has 0 aromatic carbocycles. The minimum absolute atomic E-state index is 0.288. The largest absolute Gasteiger partial charge is 0.356 e. The van der Waals surface area contributed by atoms with Gasteiger partial charge in [-0.25, -0.2) is 0 Å². The molecule has 17 heavy (non-hydrogen) atoms. The van der Waals surface area contributed by atoms with E-state index in [9.17, 15) is 4.79 Å². The molecule has 2 saturated carbocycles. The molecule has 2 rings (SSSR count). The monoisotopic (exact) mass is 235 g/mol. The first-order valence-electron chi connectivity index (χ1n) is 7.20. The van der Waals surface area contributed by atoms with Gasteiger partial charge in [0, 0.05) is 12.5 Å². The first kappa shape index (κ1) is 12.7. The van der Waals surface area contributed by atoms with E-state index in [1.807, 2.05) is 6.08 Å². The quantitative estimate of drug-likeness (QED) is 0.588. The van der Waals surface area contributed by atoms with Gasteiger partial charge in [-0.2, -0.15) is 0 Å². The van der Waals surface area contributed by atoms with Crippen molar-refractivity contribution in [2.24, 2.45) is 17.8 Å². The van der Waals surface area contributed by atoms with Gasteiger partial charge in [0.25, 0.3) is 0 Å². The van der Waals surface area contributed by atoms with Crippen LogP contribution in [0.5, 0.6) is 0 Å². The van der Waals surface area contributed by atoms with Crippen molar-refractivity contribution in [2.45, 2.75) is 51.4 Å². The first-order chi connectivity index (χ1) is 8.31. The van der Waals surface area contributed by atoms with Gasteiger partial charge in [0.05, 0.1) is 0 Å². The molecule has 1 N–H and O–H groups in total. The number of fused-ring (bicyclic) bond motifs is 1. The number of nitrogens with one attached hydrogen (secondary N) is 1. The number of amides is 1. The van der Waals surface area contributed by atoms with E-state index < -0.39 is 0 Å². The Kier molecular flexibility index (Phi) is 4.64. The molecule has 0 aromatic heterocycles. The van der Waals surface area contributed by atoms with Crippen LogP contribution in [0.2, 0.25) is 0 Å². The van der Waals surface area contributed by atoms with Crippen molar-refractivity contribution < 1.29 is 4.79 Å². The van der Waals surface area contributed by atoms with Gasteiger partial charge in [-0.3, -0.25) is 4.79 Å². The summed E-state index contributed by atoms with van der Waals surface area (Å²) in [5, 5.41) is 3.04. The van der Waals surface area contributed by atoms with E-state index in [2.05, 4.69) is 11.9 Å². The number of carbonyl (C=O) groups is 1. The number of hydrogen-bond donors (Lipinski definition) is 1. The summed E-state index contributed by atoms with van der Waals surface area (Å²) in [5.74, 6) is 2.35. The fraction of sp³-hybridized carbons (Fsp3) is 0.800. The van der Waals surface area contributed by atoms with Gasteiger partial charge in [0.1, 0.15) is 0 Å².